The fraction of sp³-hybridized carbons (Fsp3) is 0.600. The Hall–Kier alpha value is -2.40. The smallest absolute Gasteiger partial charge is 0.306 e. The van der Waals surface area contributed by atoms with Crippen LogP contribution in [0.2, 0.25) is 0 Å². The number of hydrogen-bond acceptors (Lipinski definition) is 5. The Morgan fingerprint density at radius 1 is 0.657 bits per heavy atom. The number of esters is 2. The van der Waals surface area contributed by atoms with E-state index in [9.17, 15) is 14.7 Å². The van der Waals surface area contributed by atoms with Crippen molar-refractivity contribution in [3.63, 3.8) is 0 Å². The van der Waals surface area contributed by atoms with E-state index in [1.54, 1.807) is 0 Å². The summed E-state index contributed by atoms with van der Waals surface area (Å²) < 4.78 is 10.2. The molecule has 0 saturated heterocycles. The van der Waals surface area contributed by atoms with Crippen molar-refractivity contribution in [2.24, 2.45) is 0 Å². The lowest BCUT2D eigenvalue weighted by Gasteiger charge is -2.15. The van der Waals surface area contributed by atoms with E-state index in [4.69, 9.17) is 9.47 Å². The number of ether oxygens (including phenoxy) is 2. The molecular weight excluding hydrogens is 440 g/mol. The zero-order valence-corrected chi connectivity index (χ0v) is 22.0. The number of unbranched alkanes of at least 4 members (excludes halogenated alkanes) is 4. The van der Waals surface area contributed by atoms with Gasteiger partial charge in [-0.05, 0) is 51.4 Å². The molecule has 0 radical (unpaired) electrons. The second kappa shape index (κ2) is 26.2. The van der Waals surface area contributed by atoms with Gasteiger partial charge in [-0.15, -0.1) is 0 Å². The van der Waals surface area contributed by atoms with Gasteiger partial charge in [0.15, 0.2) is 6.10 Å². The van der Waals surface area contributed by atoms with E-state index in [0.29, 0.717) is 12.8 Å². The summed E-state index contributed by atoms with van der Waals surface area (Å²) in [5, 5.41) is 9.26. The highest BCUT2D eigenvalue weighted by atomic mass is 16.6. The predicted octanol–water partition coefficient (Wildman–Crippen LogP) is 7.33. The number of allylic oxidation sites excluding steroid dienone is 10. The third-order valence-corrected chi connectivity index (χ3v) is 5.08. The van der Waals surface area contributed by atoms with Crippen molar-refractivity contribution in [2.45, 2.75) is 103 Å². The summed E-state index contributed by atoms with van der Waals surface area (Å²) >= 11 is 0. The fourth-order valence-corrected chi connectivity index (χ4v) is 2.98. The van der Waals surface area contributed by atoms with Crippen LogP contribution in [-0.2, 0) is 19.1 Å². The van der Waals surface area contributed by atoms with Crippen LogP contribution in [0, 0.1) is 0 Å². The largest absolute Gasteiger partial charge is 0.462 e. The molecule has 0 aromatic heterocycles. The first-order valence-corrected chi connectivity index (χ1v) is 13.3. The van der Waals surface area contributed by atoms with Gasteiger partial charge in [0.25, 0.3) is 0 Å². The normalized spacial score (nSPS) is 13.1. The minimum absolute atomic E-state index is 0.112. The highest BCUT2D eigenvalue weighted by Crippen LogP contribution is 2.04. The zero-order valence-electron chi connectivity index (χ0n) is 22.0. The number of rotatable bonds is 22. The molecule has 0 spiro atoms. The summed E-state index contributed by atoms with van der Waals surface area (Å²) in [6, 6.07) is 0. The molecule has 0 saturated carbocycles. The maximum absolute atomic E-state index is 11.8. The van der Waals surface area contributed by atoms with Crippen molar-refractivity contribution in [2.75, 3.05) is 13.2 Å². The Morgan fingerprint density at radius 2 is 1.17 bits per heavy atom. The van der Waals surface area contributed by atoms with Gasteiger partial charge in [0, 0.05) is 12.8 Å². The molecule has 198 valence electrons. The maximum atomic E-state index is 11.8. The monoisotopic (exact) mass is 488 g/mol. The second-order valence-corrected chi connectivity index (χ2v) is 8.42. The quantitative estimate of drug-likeness (QED) is 0.0981. The average molecular weight is 489 g/mol. The molecule has 0 aliphatic carbocycles. The van der Waals surface area contributed by atoms with E-state index in [-0.39, 0.29) is 31.6 Å². The van der Waals surface area contributed by atoms with Gasteiger partial charge in [0.1, 0.15) is 6.61 Å². The molecule has 35 heavy (non-hydrogen) atoms. The summed E-state index contributed by atoms with van der Waals surface area (Å²) in [7, 11) is 0. The summed E-state index contributed by atoms with van der Waals surface area (Å²) in [4.78, 5) is 23.4. The second-order valence-electron chi connectivity index (χ2n) is 8.42. The van der Waals surface area contributed by atoms with Crippen LogP contribution < -0.4 is 0 Å². The predicted molar refractivity (Wildman–Crippen MR) is 145 cm³/mol. The van der Waals surface area contributed by atoms with E-state index >= 15 is 0 Å². The SMILES string of the molecule is CCCCC/C=C\C/C=C\C/C=C\C/C=C\C/C=C\CCC(=O)OC[C@H](CO)OC(=O)CCCC. The van der Waals surface area contributed by atoms with Gasteiger partial charge >= 0.3 is 11.9 Å². The van der Waals surface area contributed by atoms with Gasteiger partial charge < -0.3 is 14.6 Å². The molecule has 0 aliphatic heterocycles. The van der Waals surface area contributed by atoms with E-state index in [1.807, 2.05) is 19.1 Å². The molecule has 0 aromatic rings. The highest BCUT2D eigenvalue weighted by molar-refractivity contribution is 5.70. The summed E-state index contributed by atoms with van der Waals surface area (Å²) in [6.45, 7) is 3.74. The molecule has 0 unspecified atom stereocenters. The third kappa shape index (κ3) is 24.5. The first-order chi connectivity index (χ1) is 17.1. The summed E-state index contributed by atoms with van der Waals surface area (Å²) in [5.41, 5.74) is 0. The Balaban J connectivity index is 3.74. The van der Waals surface area contributed by atoms with Crippen molar-refractivity contribution < 1.29 is 24.2 Å². The van der Waals surface area contributed by atoms with Crippen molar-refractivity contribution in [3.8, 4) is 0 Å². The number of carbonyl (C=O) groups is 2. The topological polar surface area (TPSA) is 72.8 Å². The lowest BCUT2D eigenvalue weighted by Crippen LogP contribution is -2.28. The van der Waals surface area contributed by atoms with Gasteiger partial charge in [0.2, 0.25) is 0 Å². The number of aliphatic hydroxyl groups is 1. The Labute approximate surface area is 213 Å². The van der Waals surface area contributed by atoms with Gasteiger partial charge in [-0.3, -0.25) is 9.59 Å². The molecular formula is C30H48O5. The molecule has 0 heterocycles. The lowest BCUT2D eigenvalue weighted by molar-refractivity contribution is -0.161. The van der Waals surface area contributed by atoms with E-state index in [1.165, 1.54) is 25.7 Å². The van der Waals surface area contributed by atoms with Crippen LogP contribution in [0.1, 0.15) is 97.3 Å². The molecule has 0 aliphatic rings. The van der Waals surface area contributed by atoms with Crippen LogP contribution in [0.25, 0.3) is 0 Å². The minimum Gasteiger partial charge on any atom is -0.462 e. The molecule has 0 aromatic carbocycles. The standard InChI is InChI=1S/C30H48O5/c1-3-5-7-8-9-10-11-12-13-14-15-16-17-18-19-20-21-22-23-25-29(32)34-27-28(26-31)35-30(33)24-6-4-2/h9-10,12-13,15-16,18-19,21-22,28,31H,3-8,11,14,17,20,23-27H2,1-2H3/b10-9-,13-12-,16-15-,19-18-,22-21-/t28-/m0/s1. The van der Waals surface area contributed by atoms with Crippen LogP contribution >= 0.6 is 0 Å². The first kappa shape index (κ1) is 32.6. The summed E-state index contributed by atoms with van der Waals surface area (Å²) in [6.07, 6.45) is 32.3. The number of hydrogen-bond donors (Lipinski definition) is 1. The number of aliphatic hydroxyl groups excluding tert-OH is 1. The molecule has 0 bridgehead atoms. The zero-order chi connectivity index (χ0) is 25.8. The fourth-order valence-electron chi connectivity index (χ4n) is 2.98. The Bertz CT molecular complexity index is 658. The summed E-state index contributed by atoms with van der Waals surface area (Å²) in [5.74, 6) is -0.739. The van der Waals surface area contributed by atoms with Crippen LogP contribution in [-0.4, -0.2) is 36.4 Å². The molecule has 5 nitrogen and oxygen atoms in total. The van der Waals surface area contributed by atoms with E-state index in [2.05, 4.69) is 55.5 Å². The van der Waals surface area contributed by atoms with E-state index in [0.717, 1.165) is 38.5 Å². The minimum atomic E-state index is -0.795. The Morgan fingerprint density at radius 3 is 1.69 bits per heavy atom. The molecule has 1 N–H and O–H groups in total. The van der Waals surface area contributed by atoms with E-state index < -0.39 is 6.10 Å². The highest BCUT2D eigenvalue weighted by Gasteiger charge is 2.15. The third-order valence-electron chi connectivity index (χ3n) is 5.08. The molecule has 0 amide bonds. The van der Waals surface area contributed by atoms with Crippen molar-refractivity contribution in [3.05, 3.63) is 60.8 Å². The van der Waals surface area contributed by atoms with Gasteiger partial charge in [-0.1, -0.05) is 93.9 Å². The maximum Gasteiger partial charge on any atom is 0.306 e. The average Bonchev–Trinajstić information content (AvgIpc) is 2.86. The molecule has 1 atom stereocenters. The Kier molecular flexibility index (Phi) is 24.4. The van der Waals surface area contributed by atoms with Crippen LogP contribution in [0.15, 0.2) is 60.8 Å². The molecule has 5 heteroatoms. The van der Waals surface area contributed by atoms with Gasteiger partial charge in [0.05, 0.1) is 6.61 Å². The van der Waals surface area contributed by atoms with Crippen molar-refractivity contribution >= 4 is 11.9 Å². The molecule has 0 fully saturated rings. The van der Waals surface area contributed by atoms with Crippen LogP contribution in [0.5, 0.6) is 0 Å². The van der Waals surface area contributed by atoms with Gasteiger partial charge in [-0.2, -0.15) is 0 Å². The molecule has 0 rings (SSSR count). The lowest BCUT2D eigenvalue weighted by atomic mass is 10.2. The first-order valence-electron chi connectivity index (χ1n) is 13.3. The van der Waals surface area contributed by atoms with Crippen molar-refractivity contribution in [1.29, 1.82) is 0 Å². The van der Waals surface area contributed by atoms with Crippen LogP contribution in [0.3, 0.4) is 0 Å². The van der Waals surface area contributed by atoms with Crippen LogP contribution in [0.4, 0.5) is 0 Å². The van der Waals surface area contributed by atoms with Gasteiger partial charge in [-0.25, -0.2) is 0 Å². The number of carbonyl (C=O) groups excluding carboxylic acids is 2. The van der Waals surface area contributed by atoms with Crippen molar-refractivity contribution in [1.82, 2.24) is 0 Å².